The Labute approximate surface area is 94.0 Å². The van der Waals surface area contributed by atoms with Crippen molar-refractivity contribution in [3.63, 3.8) is 0 Å². The maximum Gasteiger partial charge on any atom is 0.0474 e. The Hall–Kier alpha value is -0.120. The van der Waals surface area contributed by atoms with E-state index in [1.807, 2.05) is 0 Å². The highest BCUT2D eigenvalue weighted by molar-refractivity contribution is 4.76. The van der Waals surface area contributed by atoms with Gasteiger partial charge in [-0.05, 0) is 58.2 Å². The van der Waals surface area contributed by atoms with Crippen molar-refractivity contribution < 1.29 is 4.74 Å². The molecule has 1 aliphatic carbocycles. The van der Waals surface area contributed by atoms with E-state index < -0.39 is 0 Å². The Kier molecular flexibility index (Phi) is 6.98. The van der Waals surface area contributed by atoms with E-state index in [2.05, 4.69) is 17.7 Å². The molecule has 0 bridgehead atoms. The normalized spacial score (nSPS) is 26.8. The number of ether oxygens (including phenoxy) is 1. The van der Waals surface area contributed by atoms with E-state index in [-0.39, 0.29) is 0 Å². The highest BCUT2D eigenvalue weighted by Gasteiger charge is 2.19. The van der Waals surface area contributed by atoms with E-state index in [9.17, 15) is 0 Å². The monoisotopic (exact) mass is 214 g/mol. The highest BCUT2D eigenvalue weighted by atomic mass is 16.5. The molecule has 1 rings (SSSR count). The predicted octanol–water partition coefficient (Wildman–Crippen LogP) is 1.39. The first-order chi connectivity index (χ1) is 7.36. The Balaban J connectivity index is 1.94. The lowest BCUT2D eigenvalue weighted by Crippen LogP contribution is -2.34. The second-order valence-corrected chi connectivity index (χ2v) is 4.56. The highest BCUT2D eigenvalue weighted by Crippen LogP contribution is 2.23. The summed E-state index contributed by atoms with van der Waals surface area (Å²) in [4.78, 5) is 0. The first-order valence-electron chi connectivity index (χ1n) is 6.23. The van der Waals surface area contributed by atoms with Gasteiger partial charge in [0.2, 0.25) is 0 Å². The molecule has 1 aliphatic rings. The van der Waals surface area contributed by atoms with Crippen molar-refractivity contribution in [2.24, 2.45) is 5.92 Å². The fraction of sp³-hybridized carbons (Fsp3) is 1.00. The smallest absolute Gasteiger partial charge is 0.0474 e. The van der Waals surface area contributed by atoms with Gasteiger partial charge >= 0.3 is 0 Å². The Bertz CT molecular complexity index is 145. The predicted molar refractivity (Wildman–Crippen MR) is 64.2 cm³/mol. The van der Waals surface area contributed by atoms with Gasteiger partial charge < -0.3 is 15.4 Å². The lowest BCUT2D eigenvalue weighted by molar-refractivity contribution is 0.193. The minimum Gasteiger partial charge on any atom is -0.385 e. The summed E-state index contributed by atoms with van der Waals surface area (Å²) in [5, 5.41) is 6.89. The van der Waals surface area contributed by atoms with Crippen LogP contribution >= 0.6 is 0 Å². The van der Waals surface area contributed by atoms with E-state index in [0.717, 1.165) is 31.5 Å². The van der Waals surface area contributed by atoms with Crippen LogP contribution in [0.25, 0.3) is 0 Å². The fourth-order valence-corrected chi connectivity index (χ4v) is 2.30. The summed E-state index contributed by atoms with van der Waals surface area (Å²) in [5.41, 5.74) is 0. The molecule has 0 atom stereocenters. The SMILES string of the molecule is CNC1CCC(CNCCCOC)CC1. The van der Waals surface area contributed by atoms with Crippen molar-refractivity contribution in [1.82, 2.24) is 10.6 Å². The van der Waals surface area contributed by atoms with Crippen LogP contribution in [0.3, 0.4) is 0 Å². The zero-order chi connectivity index (χ0) is 10.9. The van der Waals surface area contributed by atoms with Crippen LogP contribution in [0.4, 0.5) is 0 Å². The molecule has 0 spiro atoms. The molecule has 1 saturated carbocycles. The van der Waals surface area contributed by atoms with Crippen molar-refractivity contribution >= 4 is 0 Å². The summed E-state index contributed by atoms with van der Waals surface area (Å²) in [7, 11) is 3.84. The first kappa shape index (κ1) is 12.9. The van der Waals surface area contributed by atoms with Crippen LogP contribution in [-0.4, -0.2) is 39.9 Å². The molecular weight excluding hydrogens is 188 g/mol. The molecule has 2 N–H and O–H groups in total. The molecule has 15 heavy (non-hydrogen) atoms. The summed E-state index contributed by atoms with van der Waals surface area (Å²) >= 11 is 0. The van der Waals surface area contributed by atoms with Crippen LogP contribution in [0.2, 0.25) is 0 Å². The van der Waals surface area contributed by atoms with Gasteiger partial charge in [0, 0.05) is 19.8 Å². The molecule has 0 aromatic heterocycles. The maximum absolute atomic E-state index is 5.01. The van der Waals surface area contributed by atoms with Crippen LogP contribution in [0.1, 0.15) is 32.1 Å². The summed E-state index contributed by atoms with van der Waals surface area (Å²) in [5.74, 6) is 0.900. The average molecular weight is 214 g/mol. The molecule has 1 fully saturated rings. The summed E-state index contributed by atoms with van der Waals surface area (Å²) in [6.07, 6.45) is 6.58. The quantitative estimate of drug-likeness (QED) is 0.628. The molecule has 0 radical (unpaired) electrons. The molecule has 0 aromatic carbocycles. The van der Waals surface area contributed by atoms with Gasteiger partial charge in [-0.25, -0.2) is 0 Å². The third-order valence-corrected chi connectivity index (χ3v) is 3.39. The molecule has 0 aromatic rings. The first-order valence-corrected chi connectivity index (χ1v) is 6.23. The van der Waals surface area contributed by atoms with Crippen LogP contribution in [0, 0.1) is 5.92 Å². The zero-order valence-electron chi connectivity index (χ0n) is 10.2. The molecule has 90 valence electrons. The Morgan fingerprint density at radius 3 is 2.53 bits per heavy atom. The number of hydrogen-bond acceptors (Lipinski definition) is 3. The standard InChI is InChI=1S/C12H26N2O/c1-13-12-6-4-11(5-7-12)10-14-8-3-9-15-2/h11-14H,3-10H2,1-2H3. The van der Waals surface area contributed by atoms with Gasteiger partial charge in [0.1, 0.15) is 0 Å². The molecule has 0 amide bonds. The topological polar surface area (TPSA) is 33.3 Å². The average Bonchev–Trinajstić information content (AvgIpc) is 2.30. The number of methoxy groups -OCH3 is 1. The van der Waals surface area contributed by atoms with Crippen LogP contribution in [0.5, 0.6) is 0 Å². The van der Waals surface area contributed by atoms with Gasteiger partial charge in [0.25, 0.3) is 0 Å². The largest absolute Gasteiger partial charge is 0.385 e. The van der Waals surface area contributed by atoms with E-state index in [1.54, 1.807) is 7.11 Å². The number of rotatable bonds is 7. The van der Waals surface area contributed by atoms with Crippen molar-refractivity contribution in [2.75, 3.05) is 33.9 Å². The lowest BCUT2D eigenvalue weighted by atomic mass is 9.86. The zero-order valence-corrected chi connectivity index (χ0v) is 10.2. The van der Waals surface area contributed by atoms with Crippen LogP contribution in [0.15, 0.2) is 0 Å². The van der Waals surface area contributed by atoms with Gasteiger partial charge in [-0.2, -0.15) is 0 Å². The molecule has 0 saturated heterocycles. The van der Waals surface area contributed by atoms with E-state index in [4.69, 9.17) is 4.74 Å². The van der Waals surface area contributed by atoms with Gasteiger partial charge in [0.05, 0.1) is 0 Å². The summed E-state index contributed by atoms with van der Waals surface area (Å²) in [6.45, 7) is 3.17. The maximum atomic E-state index is 5.01. The third-order valence-electron chi connectivity index (χ3n) is 3.39. The fourth-order valence-electron chi connectivity index (χ4n) is 2.30. The van der Waals surface area contributed by atoms with Crippen molar-refractivity contribution in [3.8, 4) is 0 Å². The van der Waals surface area contributed by atoms with Gasteiger partial charge in [-0.3, -0.25) is 0 Å². The van der Waals surface area contributed by atoms with E-state index in [1.165, 1.54) is 32.2 Å². The lowest BCUT2D eigenvalue weighted by Gasteiger charge is -2.28. The second-order valence-electron chi connectivity index (χ2n) is 4.56. The minimum atomic E-state index is 0.773. The van der Waals surface area contributed by atoms with Gasteiger partial charge in [-0.1, -0.05) is 0 Å². The molecule has 3 nitrogen and oxygen atoms in total. The van der Waals surface area contributed by atoms with Crippen molar-refractivity contribution in [3.05, 3.63) is 0 Å². The summed E-state index contributed by atoms with van der Waals surface area (Å²) < 4.78 is 5.01. The minimum absolute atomic E-state index is 0.773. The molecular formula is C12H26N2O. The van der Waals surface area contributed by atoms with E-state index >= 15 is 0 Å². The summed E-state index contributed by atoms with van der Waals surface area (Å²) in [6, 6.07) is 0.773. The van der Waals surface area contributed by atoms with Crippen molar-refractivity contribution in [2.45, 2.75) is 38.1 Å². The second kappa shape index (κ2) is 8.08. The van der Waals surface area contributed by atoms with Crippen LogP contribution in [-0.2, 0) is 4.74 Å². The number of nitrogens with one attached hydrogen (secondary N) is 2. The van der Waals surface area contributed by atoms with Crippen molar-refractivity contribution in [1.29, 1.82) is 0 Å². The number of hydrogen-bond donors (Lipinski definition) is 2. The Morgan fingerprint density at radius 2 is 1.93 bits per heavy atom. The Morgan fingerprint density at radius 1 is 1.20 bits per heavy atom. The van der Waals surface area contributed by atoms with E-state index in [0.29, 0.717) is 0 Å². The van der Waals surface area contributed by atoms with Gasteiger partial charge in [0.15, 0.2) is 0 Å². The molecule has 0 aliphatic heterocycles. The molecule has 3 heteroatoms. The molecule has 0 heterocycles. The van der Waals surface area contributed by atoms with Crippen LogP contribution < -0.4 is 10.6 Å². The third kappa shape index (κ3) is 5.50. The molecule has 0 unspecified atom stereocenters. The van der Waals surface area contributed by atoms with Gasteiger partial charge in [-0.15, -0.1) is 0 Å².